The van der Waals surface area contributed by atoms with E-state index >= 15 is 0 Å². The molecule has 0 radical (unpaired) electrons. The first-order valence-corrected chi connectivity index (χ1v) is 10.9. The van der Waals surface area contributed by atoms with Gasteiger partial charge in [0.15, 0.2) is 5.58 Å². The zero-order chi connectivity index (χ0) is 21.4. The molecule has 0 N–H and O–H groups in total. The number of carbonyl (C=O) groups is 2. The van der Waals surface area contributed by atoms with Crippen molar-refractivity contribution >= 4 is 22.9 Å². The lowest BCUT2D eigenvalue weighted by Crippen LogP contribution is -2.45. The third kappa shape index (κ3) is 3.76. The largest absolute Gasteiger partial charge is 0.419 e. The highest BCUT2D eigenvalue weighted by Crippen LogP contribution is 2.29. The van der Waals surface area contributed by atoms with E-state index in [9.17, 15) is 14.4 Å². The molecule has 1 aliphatic heterocycles. The Hall–Kier alpha value is -3.35. The molecule has 0 saturated carbocycles. The molecule has 1 fully saturated rings. The van der Waals surface area contributed by atoms with Crippen molar-refractivity contribution in [1.29, 1.82) is 0 Å². The lowest BCUT2D eigenvalue weighted by molar-refractivity contribution is -0.158. The Morgan fingerprint density at radius 3 is 2.29 bits per heavy atom. The molecule has 160 valence electrons. The van der Waals surface area contributed by atoms with Crippen LogP contribution in [-0.4, -0.2) is 39.5 Å². The molecule has 7 nitrogen and oxygen atoms in total. The summed E-state index contributed by atoms with van der Waals surface area (Å²) in [6.07, 6.45) is 3.20. The van der Waals surface area contributed by atoms with Crippen LogP contribution in [0, 0.1) is 5.92 Å². The van der Waals surface area contributed by atoms with E-state index in [4.69, 9.17) is 4.42 Å². The first-order valence-electron chi connectivity index (χ1n) is 10.9. The molecule has 7 heteroatoms. The number of fused-ring (bicyclic) bond motifs is 2. The lowest BCUT2D eigenvalue weighted by Gasteiger charge is -2.29. The molecule has 0 bridgehead atoms. The Labute approximate surface area is 179 Å². The summed E-state index contributed by atoms with van der Waals surface area (Å²) in [6, 6.07) is 15.5. The van der Waals surface area contributed by atoms with E-state index in [0.29, 0.717) is 36.5 Å². The molecular weight excluding hydrogens is 394 g/mol. The first kappa shape index (κ1) is 19.6. The van der Waals surface area contributed by atoms with Crippen LogP contribution in [-0.2, 0) is 29.0 Å². The second-order valence-corrected chi connectivity index (χ2v) is 8.37. The molecule has 1 aliphatic carbocycles. The molecular formula is C24H25N3O4. The molecule has 0 unspecified atom stereocenters. The van der Waals surface area contributed by atoms with Crippen molar-refractivity contribution in [3.8, 4) is 0 Å². The van der Waals surface area contributed by atoms with Gasteiger partial charge in [0.05, 0.1) is 5.52 Å². The fourth-order valence-electron chi connectivity index (χ4n) is 4.84. The molecule has 3 aromatic rings. The number of para-hydroxylation sites is 2. The van der Waals surface area contributed by atoms with Gasteiger partial charge in [-0.05, 0) is 48.4 Å². The van der Waals surface area contributed by atoms with Crippen LogP contribution in [0.3, 0.4) is 0 Å². The molecule has 1 aromatic heterocycles. The predicted molar refractivity (Wildman–Crippen MR) is 115 cm³/mol. The van der Waals surface area contributed by atoms with E-state index in [1.807, 2.05) is 18.2 Å². The number of benzene rings is 2. The van der Waals surface area contributed by atoms with Gasteiger partial charge in [-0.3, -0.25) is 24.2 Å². The zero-order valence-electron chi connectivity index (χ0n) is 17.3. The summed E-state index contributed by atoms with van der Waals surface area (Å²) in [5.41, 5.74) is 3.84. The van der Waals surface area contributed by atoms with Crippen LogP contribution in [0.15, 0.2) is 57.7 Å². The van der Waals surface area contributed by atoms with Gasteiger partial charge in [-0.15, -0.1) is 0 Å². The van der Waals surface area contributed by atoms with E-state index in [-0.39, 0.29) is 24.8 Å². The van der Waals surface area contributed by atoms with Crippen molar-refractivity contribution in [3.05, 3.63) is 70.2 Å². The number of carbonyl (C=O) groups excluding carboxylic acids is 2. The summed E-state index contributed by atoms with van der Waals surface area (Å²) in [7, 11) is 0. The summed E-state index contributed by atoms with van der Waals surface area (Å²) >= 11 is 0. The second kappa shape index (κ2) is 8.06. The number of nitrogens with zero attached hydrogens (tertiary/aromatic N) is 3. The average molecular weight is 419 g/mol. The highest BCUT2D eigenvalue weighted by molar-refractivity contribution is 5.83. The number of hydrazine groups is 1. The molecule has 5 rings (SSSR count). The molecule has 1 saturated heterocycles. The quantitative estimate of drug-likeness (QED) is 0.637. The van der Waals surface area contributed by atoms with E-state index in [1.165, 1.54) is 15.7 Å². The van der Waals surface area contributed by atoms with Crippen LogP contribution in [0.1, 0.15) is 30.4 Å². The van der Waals surface area contributed by atoms with Gasteiger partial charge in [0.1, 0.15) is 0 Å². The molecule has 31 heavy (non-hydrogen) atoms. The van der Waals surface area contributed by atoms with E-state index in [2.05, 4.69) is 12.1 Å². The van der Waals surface area contributed by atoms with Crippen molar-refractivity contribution < 1.29 is 14.0 Å². The Morgan fingerprint density at radius 2 is 1.55 bits per heavy atom. The standard InChI is InChI=1S/C24H25N3O4/c28-22(10-13-25-20-8-3-4-9-21(20)31-24(25)30)26-11-5-12-27(26)23(29)16-17-14-18-6-1-2-7-19(18)15-17/h1-4,6-9,17H,5,10-16H2. The van der Waals surface area contributed by atoms with Crippen molar-refractivity contribution in [2.75, 3.05) is 13.1 Å². The number of hydrogen-bond donors (Lipinski definition) is 0. The Bertz CT molecular complexity index is 1170. The minimum Gasteiger partial charge on any atom is -0.408 e. The number of amides is 2. The number of aromatic nitrogens is 1. The molecule has 2 aliphatic rings. The van der Waals surface area contributed by atoms with Gasteiger partial charge in [0.25, 0.3) is 0 Å². The van der Waals surface area contributed by atoms with Crippen molar-refractivity contribution in [1.82, 2.24) is 14.6 Å². The summed E-state index contributed by atoms with van der Waals surface area (Å²) in [5, 5.41) is 3.18. The second-order valence-electron chi connectivity index (χ2n) is 8.37. The number of oxazole rings is 1. The van der Waals surface area contributed by atoms with Gasteiger partial charge >= 0.3 is 5.76 Å². The van der Waals surface area contributed by atoms with Gasteiger partial charge in [-0.1, -0.05) is 36.4 Å². The van der Waals surface area contributed by atoms with Gasteiger partial charge in [0.2, 0.25) is 11.8 Å². The summed E-state index contributed by atoms with van der Waals surface area (Å²) in [5.74, 6) is -0.310. The van der Waals surface area contributed by atoms with Gasteiger partial charge in [0, 0.05) is 32.5 Å². The van der Waals surface area contributed by atoms with E-state index < -0.39 is 5.76 Å². The monoisotopic (exact) mass is 419 g/mol. The molecule has 0 spiro atoms. The maximum atomic E-state index is 13.0. The van der Waals surface area contributed by atoms with Crippen LogP contribution in [0.25, 0.3) is 11.1 Å². The fraction of sp³-hybridized carbons (Fsp3) is 0.375. The minimum absolute atomic E-state index is 0.00887. The lowest BCUT2D eigenvalue weighted by atomic mass is 10.0. The fourth-order valence-corrected chi connectivity index (χ4v) is 4.84. The highest BCUT2D eigenvalue weighted by Gasteiger charge is 2.33. The molecule has 2 amide bonds. The zero-order valence-corrected chi connectivity index (χ0v) is 17.3. The Balaban J connectivity index is 1.22. The first-order chi connectivity index (χ1) is 15.1. The van der Waals surface area contributed by atoms with E-state index in [1.54, 1.807) is 28.2 Å². The van der Waals surface area contributed by atoms with E-state index in [0.717, 1.165) is 19.3 Å². The molecule has 2 heterocycles. The number of rotatable bonds is 5. The van der Waals surface area contributed by atoms with Crippen LogP contribution >= 0.6 is 0 Å². The Morgan fingerprint density at radius 1 is 0.903 bits per heavy atom. The van der Waals surface area contributed by atoms with Crippen molar-refractivity contribution in [2.24, 2.45) is 5.92 Å². The van der Waals surface area contributed by atoms with Crippen LogP contribution < -0.4 is 5.76 Å². The number of aryl methyl sites for hydroxylation is 1. The maximum Gasteiger partial charge on any atom is 0.419 e. The van der Waals surface area contributed by atoms with Crippen molar-refractivity contribution in [2.45, 2.75) is 38.6 Å². The van der Waals surface area contributed by atoms with Crippen molar-refractivity contribution in [3.63, 3.8) is 0 Å². The Kier molecular flexibility index (Phi) is 5.10. The van der Waals surface area contributed by atoms with Crippen LogP contribution in [0.2, 0.25) is 0 Å². The topological polar surface area (TPSA) is 75.8 Å². The highest BCUT2D eigenvalue weighted by atomic mass is 16.4. The molecule has 2 aromatic carbocycles. The van der Waals surface area contributed by atoms with Gasteiger partial charge in [-0.2, -0.15) is 0 Å². The number of hydrogen-bond acceptors (Lipinski definition) is 4. The summed E-state index contributed by atoms with van der Waals surface area (Å²) < 4.78 is 6.71. The molecule has 0 atom stereocenters. The minimum atomic E-state index is -0.468. The normalized spacial score (nSPS) is 16.3. The average Bonchev–Trinajstić information content (AvgIpc) is 3.48. The predicted octanol–water partition coefficient (Wildman–Crippen LogP) is 2.77. The SMILES string of the molecule is O=C(CCn1c(=O)oc2ccccc21)N1CCCN1C(=O)CC1Cc2ccccc2C1. The third-order valence-electron chi connectivity index (χ3n) is 6.33. The van der Waals surface area contributed by atoms with Crippen LogP contribution in [0.4, 0.5) is 0 Å². The van der Waals surface area contributed by atoms with Gasteiger partial charge in [-0.25, -0.2) is 4.79 Å². The summed E-state index contributed by atoms with van der Waals surface area (Å²) in [6.45, 7) is 1.33. The smallest absolute Gasteiger partial charge is 0.408 e. The summed E-state index contributed by atoms with van der Waals surface area (Å²) in [4.78, 5) is 38.0. The third-order valence-corrected chi connectivity index (χ3v) is 6.33. The van der Waals surface area contributed by atoms with Gasteiger partial charge < -0.3 is 4.42 Å². The maximum absolute atomic E-state index is 13.0. The van der Waals surface area contributed by atoms with Crippen LogP contribution in [0.5, 0.6) is 0 Å².